The Hall–Kier alpha value is -1.35. The van der Waals surface area contributed by atoms with Gasteiger partial charge in [0.2, 0.25) is 0 Å². The predicted molar refractivity (Wildman–Crippen MR) is 62.8 cm³/mol. The summed E-state index contributed by atoms with van der Waals surface area (Å²) >= 11 is 0. The maximum absolute atomic E-state index is 11.5. The molecule has 1 amide bonds. The molecule has 0 spiro atoms. The average Bonchev–Trinajstić information content (AvgIpc) is 2.11. The van der Waals surface area contributed by atoms with Crippen molar-refractivity contribution in [1.82, 2.24) is 9.03 Å². The van der Waals surface area contributed by atoms with Crippen molar-refractivity contribution >= 4 is 22.1 Å². The van der Waals surface area contributed by atoms with Crippen molar-refractivity contribution in [2.24, 2.45) is 5.73 Å². The van der Waals surface area contributed by atoms with Gasteiger partial charge in [0.1, 0.15) is 0 Å². The zero-order chi connectivity index (χ0) is 13.6. The number of nitrogens with zero attached hydrogens (tertiary/aromatic N) is 1. The fourth-order valence-corrected chi connectivity index (χ4v) is 1.57. The van der Waals surface area contributed by atoms with Crippen LogP contribution in [-0.4, -0.2) is 44.3 Å². The van der Waals surface area contributed by atoms with Gasteiger partial charge in [0.15, 0.2) is 0 Å². The Morgan fingerprint density at radius 1 is 1.53 bits per heavy atom. The van der Waals surface area contributed by atoms with Crippen molar-refractivity contribution in [3.63, 3.8) is 0 Å². The molecule has 0 aromatic rings. The van der Waals surface area contributed by atoms with Crippen molar-refractivity contribution < 1.29 is 17.9 Å². The summed E-state index contributed by atoms with van der Waals surface area (Å²) in [6.07, 6.45) is -1.35. The van der Waals surface area contributed by atoms with E-state index in [0.29, 0.717) is 0 Å². The summed E-state index contributed by atoms with van der Waals surface area (Å²) < 4.78 is 30.3. The Labute approximate surface area is 101 Å². The van der Waals surface area contributed by atoms with Crippen LogP contribution < -0.4 is 10.5 Å². The quantitative estimate of drug-likeness (QED) is 0.446. The predicted octanol–water partition coefficient (Wildman–Crippen LogP) is -0.376. The molecule has 0 aromatic carbocycles. The van der Waals surface area contributed by atoms with E-state index in [9.17, 15) is 13.2 Å². The van der Waals surface area contributed by atoms with Crippen molar-refractivity contribution in [2.75, 3.05) is 13.6 Å². The van der Waals surface area contributed by atoms with Gasteiger partial charge in [-0.05, 0) is 13.8 Å². The standard InChI is InChI=1S/C8H18N4O4S/c1-6(2)16-8(13)11-17(14,15)12(3)5-4-7(9)10/h6H,4-5H2,1-3H3,(H3,9,10)(H,11,13). The van der Waals surface area contributed by atoms with Crippen LogP contribution in [0.3, 0.4) is 0 Å². The van der Waals surface area contributed by atoms with E-state index in [1.807, 2.05) is 0 Å². The number of carbonyl (C=O) groups excluding carboxylic acids is 1. The van der Waals surface area contributed by atoms with Crippen molar-refractivity contribution in [1.29, 1.82) is 5.41 Å². The lowest BCUT2D eigenvalue weighted by atomic mass is 10.4. The van der Waals surface area contributed by atoms with Gasteiger partial charge in [-0.1, -0.05) is 0 Å². The molecule has 0 saturated heterocycles. The van der Waals surface area contributed by atoms with E-state index in [1.54, 1.807) is 18.6 Å². The second-order valence-corrected chi connectivity index (χ2v) is 5.44. The SMILES string of the molecule is CC(C)OC(=O)NS(=O)(=O)N(C)CCC(=N)N. The molecule has 0 fully saturated rings. The summed E-state index contributed by atoms with van der Waals surface area (Å²) in [7, 11) is -2.67. The molecule has 9 heteroatoms. The number of amidine groups is 1. The van der Waals surface area contributed by atoms with E-state index in [1.165, 1.54) is 7.05 Å². The molecule has 100 valence electrons. The number of nitrogens with one attached hydrogen (secondary N) is 2. The largest absolute Gasteiger partial charge is 0.446 e. The molecule has 4 N–H and O–H groups in total. The maximum Gasteiger partial charge on any atom is 0.422 e. The van der Waals surface area contributed by atoms with Crippen LogP contribution in [0.2, 0.25) is 0 Å². The van der Waals surface area contributed by atoms with E-state index in [4.69, 9.17) is 11.1 Å². The highest BCUT2D eigenvalue weighted by atomic mass is 32.2. The minimum Gasteiger partial charge on any atom is -0.446 e. The van der Waals surface area contributed by atoms with E-state index in [0.717, 1.165) is 4.31 Å². The summed E-state index contributed by atoms with van der Waals surface area (Å²) in [6.45, 7) is 3.22. The number of carbonyl (C=O) groups is 1. The minimum atomic E-state index is -3.94. The second-order valence-electron chi connectivity index (χ2n) is 3.66. The second kappa shape index (κ2) is 6.40. The highest BCUT2D eigenvalue weighted by Gasteiger charge is 2.21. The highest BCUT2D eigenvalue weighted by Crippen LogP contribution is 1.97. The van der Waals surface area contributed by atoms with Gasteiger partial charge >= 0.3 is 16.3 Å². The first-order valence-corrected chi connectivity index (χ1v) is 6.36. The molecule has 0 radical (unpaired) electrons. The van der Waals surface area contributed by atoms with Crippen LogP contribution in [0.4, 0.5) is 4.79 Å². The number of hydrogen-bond donors (Lipinski definition) is 3. The molecular weight excluding hydrogens is 248 g/mol. The molecule has 8 nitrogen and oxygen atoms in total. The summed E-state index contributed by atoms with van der Waals surface area (Å²) in [5.74, 6) is -0.128. The van der Waals surface area contributed by atoms with Crippen LogP contribution in [0, 0.1) is 5.41 Å². The van der Waals surface area contributed by atoms with Crippen LogP contribution in [-0.2, 0) is 14.9 Å². The molecule has 17 heavy (non-hydrogen) atoms. The molecule has 0 aliphatic carbocycles. The first-order chi connectivity index (χ1) is 7.65. The Balaban J connectivity index is 4.36. The van der Waals surface area contributed by atoms with E-state index in [2.05, 4.69) is 4.74 Å². The van der Waals surface area contributed by atoms with Gasteiger partial charge in [-0.15, -0.1) is 0 Å². The van der Waals surface area contributed by atoms with Gasteiger partial charge in [0.05, 0.1) is 11.9 Å². The summed E-state index contributed by atoms with van der Waals surface area (Å²) in [5, 5.41) is 6.97. The highest BCUT2D eigenvalue weighted by molar-refractivity contribution is 7.87. The third-order valence-electron chi connectivity index (χ3n) is 1.66. The van der Waals surface area contributed by atoms with Crippen LogP contribution in [0.1, 0.15) is 20.3 Å². The fourth-order valence-electron chi connectivity index (χ4n) is 0.819. The number of nitrogens with two attached hydrogens (primary N) is 1. The number of amides is 1. The molecule has 0 rings (SSSR count). The third kappa shape index (κ3) is 6.74. The molecule has 0 bridgehead atoms. The van der Waals surface area contributed by atoms with Gasteiger partial charge in [0.25, 0.3) is 0 Å². The number of ether oxygens (including phenoxy) is 1. The Morgan fingerprint density at radius 3 is 2.47 bits per heavy atom. The molecule has 0 aromatic heterocycles. The van der Waals surface area contributed by atoms with Crippen molar-refractivity contribution in [2.45, 2.75) is 26.4 Å². The molecule has 0 aliphatic rings. The van der Waals surface area contributed by atoms with Gasteiger partial charge in [0, 0.05) is 20.0 Å². The van der Waals surface area contributed by atoms with Crippen molar-refractivity contribution in [3.05, 3.63) is 0 Å². The minimum absolute atomic E-state index is 0.0135. The molecule has 0 heterocycles. The van der Waals surface area contributed by atoms with Crippen LogP contribution in [0.15, 0.2) is 0 Å². The Kier molecular flexibility index (Phi) is 5.89. The summed E-state index contributed by atoms with van der Waals surface area (Å²) in [6, 6.07) is 0. The first-order valence-electron chi connectivity index (χ1n) is 4.92. The van der Waals surface area contributed by atoms with E-state index in [-0.39, 0.29) is 18.8 Å². The monoisotopic (exact) mass is 266 g/mol. The average molecular weight is 266 g/mol. The van der Waals surface area contributed by atoms with Crippen LogP contribution >= 0.6 is 0 Å². The normalized spacial score (nSPS) is 11.6. The number of hydrogen-bond acceptors (Lipinski definition) is 5. The third-order valence-corrected chi connectivity index (χ3v) is 3.09. The smallest absolute Gasteiger partial charge is 0.422 e. The zero-order valence-electron chi connectivity index (χ0n) is 10.1. The Morgan fingerprint density at radius 2 is 2.06 bits per heavy atom. The molecular formula is C8H18N4O4S. The lowest BCUT2D eigenvalue weighted by Gasteiger charge is -2.17. The molecule has 0 saturated carbocycles. The topological polar surface area (TPSA) is 126 Å². The maximum atomic E-state index is 11.5. The van der Waals surface area contributed by atoms with Crippen LogP contribution in [0.25, 0.3) is 0 Å². The van der Waals surface area contributed by atoms with Gasteiger partial charge in [-0.2, -0.15) is 12.7 Å². The van der Waals surface area contributed by atoms with Crippen LogP contribution in [0.5, 0.6) is 0 Å². The lowest BCUT2D eigenvalue weighted by Crippen LogP contribution is -2.43. The van der Waals surface area contributed by atoms with Gasteiger partial charge < -0.3 is 10.5 Å². The summed E-state index contributed by atoms with van der Waals surface area (Å²) in [4.78, 5) is 11.1. The molecule has 0 atom stereocenters. The zero-order valence-corrected chi connectivity index (χ0v) is 10.9. The van der Waals surface area contributed by atoms with E-state index >= 15 is 0 Å². The number of rotatable bonds is 6. The molecule has 0 unspecified atom stereocenters. The van der Waals surface area contributed by atoms with E-state index < -0.39 is 22.4 Å². The van der Waals surface area contributed by atoms with Crippen molar-refractivity contribution in [3.8, 4) is 0 Å². The molecule has 0 aliphatic heterocycles. The van der Waals surface area contributed by atoms with Gasteiger partial charge in [-0.25, -0.2) is 9.52 Å². The fraction of sp³-hybridized carbons (Fsp3) is 0.750. The lowest BCUT2D eigenvalue weighted by molar-refractivity contribution is 0.121. The Bertz CT molecular complexity index is 379. The summed E-state index contributed by atoms with van der Waals surface area (Å²) in [5.41, 5.74) is 5.10. The first kappa shape index (κ1) is 15.7. The van der Waals surface area contributed by atoms with Gasteiger partial charge in [-0.3, -0.25) is 5.41 Å².